The van der Waals surface area contributed by atoms with Crippen LogP contribution >= 0.6 is 11.8 Å². The summed E-state index contributed by atoms with van der Waals surface area (Å²) in [6.45, 7) is -0.103. The van der Waals surface area contributed by atoms with Gasteiger partial charge in [-0.2, -0.15) is 26.3 Å². The maximum atomic E-state index is 12.7. The zero-order chi connectivity index (χ0) is 18.5. The number of carbonyl (C=O) groups excluding carboxylic acids is 1. The number of carboxylic acids is 1. The molecule has 2 N–H and O–H groups in total. The fourth-order valence-corrected chi connectivity index (χ4v) is 2.15. The monoisotopic (exact) mass is 375 g/mol. The highest BCUT2D eigenvalue weighted by Crippen LogP contribution is 2.36. The van der Waals surface area contributed by atoms with Gasteiger partial charge in [-0.05, 0) is 18.2 Å². The van der Waals surface area contributed by atoms with Crippen molar-refractivity contribution in [3.8, 4) is 0 Å². The summed E-state index contributed by atoms with van der Waals surface area (Å²) in [6.07, 6.45) is -10.1. The second-order valence-electron chi connectivity index (χ2n) is 4.50. The normalized spacial score (nSPS) is 12.1. The van der Waals surface area contributed by atoms with E-state index in [2.05, 4.69) is 5.32 Å². The van der Waals surface area contributed by atoms with Gasteiger partial charge in [-0.3, -0.25) is 9.59 Å². The number of thioether (sulfide) groups is 1. The standard InChI is InChI=1S/C13H11F6NO3S/c14-12(15,16)8-3-7(4-9(5-8)13(17,18)19)11(23)20-1-2-24-6-10(21)22/h3-5H,1-2,6H2,(H,20,23)(H,21,22). The number of nitrogens with one attached hydrogen (secondary N) is 1. The summed E-state index contributed by atoms with van der Waals surface area (Å²) in [6, 6.07) is 0.587. The fraction of sp³-hybridized carbons (Fsp3) is 0.385. The Hall–Kier alpha value is -1.91. The van der Waals surface area contributed by atoms with Crippen LogP contribution < -0.4 is 5.32 Å². The summed E-state index contributed by atoms with van der Waals surface area (Å²) in [5.74, 6) is -2.29. The molecule has 0 saturated heterocycles. The average molecular weight is 375 g/mol. The highest BCUT2D eigenvalue weighted by molar-refractivity contribution is 7.99. The molecule has 0 radical (unpaired) electrons. The molecule has 1 aromatic carbocycles. The Morgan fingerprint density at radius 2 is 1.50 bits per heavy atom. The van der Waals surface area contributed by atoms with Crippen LogP contribution in [0, 0.1) is 0 Å². The molecule has 11 heteroatoms. The third-order valence-electron chi connectivity index (χ3n) is 2.61. The first-order valence-electron chi connectivity index (χ1n) is 6.28. The molecule has 0 spiro atoms. The molecular weight excluding hydrogens is 364 g/mol. The number of amides is 1. The van der Waals surface area contributed by atoms with Gasteiger partial charge in [0.1, 0.15) is 0 Å². The van der Waals surface area contributed by atoms with Crippen molar-refractivity contribution in [2.24, 2.45) is 0 Å². The number of rotatable bonds is 6. The van der Waals surface area contributed by atoms with Crippen LogP contribution in [-0.2, 0) is 17.1 Å². The lowest BCUT2D eigenvalue weighted by atomic mass is 10.0. The van der Waals surface area contributed by atoms with Gasteiger partial charge < -0.3 is 10.4 Å². The number of carboxylic acid groups (broad SMARTS) is 1. The van der Waals surface area contributed by atoms with Crippen molar-refractivity contribution in [3.05, 3.63) is 34.9 Å². The molecule has 24 heavy (non-hydrogen) atoms. The lowest BCUT2D eigenvalue weighted by Gasteiger charge is -2.14. The van der Waals surface area contributed by atoms with Gasteiger partial charge in [0.25, 0.3) is 5.91 Å². The van der Waals surface area contributed by atoms with Crippen LogP contribution in [0.15, 0.2) is 18.2 Å². The second kappa shape index (κ2) is 7.77. The van der Waals surface area contributed by atoms with Crippen LogP contribution in [-0.4, -0.2) is 35.0 Å². The van der Waals surface area contributed by atoms with Crippen LogP contribution in [0.5, 0.6) is 0 Å². The van der Waals surface area contributed by atoms with Crippen LogP contribution in [0.2, 0.25) is 0 Å². The van der Waals surface area contributed by atoms with Gasteiger partial charge in [0.2, 0.25) is 0 Å². The van der Waals surface area contributed by atoms with Gasteiger partial charge in [-0.25, -0.2) is 0 Å². The third kappa shape index (κ3) is 6.30. The molecule has 134 valence electrons. The number of hydrogen-bond acceptors (Lipinski definition) is 3. The Labute approximate surface area is 136 Å². The summed E-state index contributed by atoms with van der Waals surface area (Å²) in [4.78, 5) is 22.0. The topological polar surface area (TPSA) is 66.4 Å². The Bertz CT molecular complexity index is 582. The Kier molecular flexibility index (Phi) is 6.52. The molecule has 1 amide bonds. The molecule has 0 bridgehead atoms. The molecule has 0 aromatic heterocycles. The Morgan fingerprint density at radius 3 is 1.92 bits per heavy atom. The van der Waals surface area contributed by atoms with Crippen molar-refractivity contribution in [2.45, 2.75) is 12.4 Å². The van der Waals surface area contributed by atoms with Gasteiger partial charge >= 0.3 is 18.3 Å². The molecule has 0 fully saturated rings. The van der Waals surface area contributed by atoms with E-state index in [0.717, 1.165) is 11.8 Å². The molecule has 0 heterocycles. The number of halogens is 6. The van der Waals surface area contributed by atoms with E-state index in [1.807, 2.05) is 0 Å². The number of carbonyl (C=O) groups is 2. The van der Waals surface area contributed by atoms with Crippen molar-refractivity contribution < 1.29 is 41.0 Å². The van der Waals surface area contributed by atoms with Crippen molar-refractivity contribution in [2.75, 3.05) is 18.1 Å². The fourth-order valence-electron chi connectivity index (χ4n) is 1.58. The van der Waals surface area contributed by atoms with Crippen LogP contribution in [0.1, 0.15) is 21.5 Å². The van der Waals surface area contributed by atoms with E-state index in [4.69, 9.17) is 5.11 Å². The lowest BCUT2D eigenvalue weighted by molar-refractivity contribution is -0.143. The van der Waals surface area contributed by atoms with E-state index in [1.54, 1.807) is 0 Å². The molecule has 1 rings (SSSR count). The summed E-state index contributed by atoms with van der Waals surface area (Å²) in [5, 5.41) is 10.5. The van der Waals surface area contributed by atoms with Gasteiger partial charge in [0.05, 0.1) is 16.9 Å². The van der Waals surface area contributed by atoms with E-state index < -0.39 is 40.9 Å². The Morgan fingerprint density at radius 1 is 1.00 bits per heavy atom. The maximum Gasteiger partial charge on any atom is 0.416 e. The number of aliphatic carboxylic acids is 1. The molecule has 0 aliphatic carbocycles. The largest absolute Gasteiger partial charge is 0.481 e. The zero-order valence-corrected chi connectivity index (χ0v) is 12.6. The van der Waals surface area contributed by atoms with Crippen molar-refractivity contribution in [1.82, 2.24) is 5.32 Å². The number of benzene rings is 1. The van der Waals surface area contributed by atoms with E-state index in [0.29, 0.717) is 12.1 Å². The van der Waals surface area contributed by atoms with Crippen LogP contribution in [0.3, 0.4) is 0 Å². The first-order valence-corrected chi connectivity index (χ1v) is 7.44. The van der Waals surface area contributed by atoms with E-state index >= 15 is 0 Å². The van der Waals surface area contributed by atoms with E-state index in [1.165, 1.54) is 0 Å². The summed E-state index contributed by atoms with van der Waals surface area (Å²) in [5.41, 5.74) is -3.94. The van der Waals surface area contributed by atoms with Gasteiger partial charge in [0.15, 0.2) is 0 Å². The predicted molar refractivity (Wildman–Crippen MR) is 73.7 cm³/mol. The van der Waals surface area contributed by atoms with Crippen LogP contribution in [0.25, 0.3) is 0 Å². The van der Waals surface area contributed by atoms with Gasteiger partial charge in [-0.1, -0.05) is 0 Å². The van der Waals surface area contributed by atoms with Gasteiger partial charge in [0, 0.05) is 17.9 Å². The molecule has 0 aliphatic rings. The zero-order valence-electron chi connectivity index (χ0n) is 11.8. The molecule has 1 aromatic rings. The summed E-state index contributed by atoms with van der Waals surface area (Å²) in [7, 11) is 0. The van der Waals surface area contributed by atoms with E-state index in [-0.39, 0.29) is 24.1 Å². The maximum absolute atomic E-state index is 12.7. The first kappa shape index (κ1) is 20.1. The second-order valence-corrected chi connectivity index (χ2v) is 5.60. The minimum Gasteiger partial charge on any atom is -0.481 e. The quantitative estimate of drug-likeness (QED) is 0.592. The van der Waals surface area contributed by atoms with Gasteiger partial charge in [-0.15, -0.1) is 11.8 Å². The predicted octanol–water partition coefficient (Wildman–Crippen LogP) is 3.27. The lowest BCUT2D eigenvalue weighted by Crippen LogP contribution is -2.27. The van der Waals surface area contributed by atoms with Crippen molar-refractivity contribution in [1.29, 1.82) is 0 Å². The van der Waals surface area contributed by atoms with Crippen LogP contribution in [0.4, 0.5) is 26.3 Å². The average Bonchev–Trinajstić information content (AvgIpc) is 2.44. The smallest absolute Gasteiger partial charge is 0.416 e. The molecule has 0 unspecified atom stereocenters. The summed E-state index contributed by atoms with van der Waals surface area (Å²) >= 11 is 0.939. The third-order valence-corrected chi connectivity index (χ3v) is 3.55. The minimum atomic E-state index is -5.03. The number of alkyl halides is 6. The number of hydrogen-bond donors (Lipinski definition) is 2. The van der Waals surface area contributed by atoms with E-state index in [9.17, 15) is 35.9 Å². The molecular formula is C13H11F6NO3S. The Balaban J connectivity index is 2.89. The highest BCUT2D eigenvalue weighted by Gasteiger charge is 2.37. The molecule has 0 saturated carbocycles. The SMILES string of the molecule is O=C(O)CSCCNC(=O)c1cc(C(F)(F)F)cc(C(F)(F)F)c1. The van der Waals surface area contributed by atoms with Crippen molar-refractivity contribution in [3.63, 3.8) is 0 Å². The molecule has 0 atom stereocenters. The molecule has 0 aliphatic heterocycles. The molecule has 4 nitrogen and oxygen atoms in total. The minimum absolute atomic E-state index is 0.0699. The first-order chi connectivity index (χ1) is 10.9. The highest BCUT2D eigenvalue weighted by atomic mass is 32.2. The van der Waals surface area contributed by atoms with Crippen molar-refractivity contribution >= 4 is 23.6 Å². The summed E-state index contributed by atoms with van der Waals surface area (Å²) < 4.78 is 76.0.